The van der Waals surface area contributed by atoms with E-state index in [2.05, 4.69) is 68.3 Å². The van der Waals surface area contributed by atoms with Gasteiger partial charge in [-0.1, -0.05) is 25.1 Å². The summed E-state index contributed by atoms with van der Waals surface area (Å²) in [5.74, 6) is 1.71. The second-order valence-corrected chi connectivity index (χ2v) is 5.86. The Balaban J connectivity index is 1.93. The molecule has 1 heterocycles. The third kappa shape index (κ3) is 2.76. The molecule has 0 aliphatic carbocycles. The van der Waals surface area contributed by atoms with E-state index in [1.54, 1.807) is 0 Å². The van der Waals surface area contributed by atoms with Gasteiger partial charge in [-0.15, -0.1) is 0 Å². The van der Waals surface area contributed by atoms with Crippen LogP contribution in [-0.2, 0) is 0 Å². The summed E-state index contributed by atoms with van der Waals surface area (Å²) in [6, 6.07) is 15.2. The molecule has 2 aromatic rings. The van der Waals surface area contributed by atoms with E-state index in [1.807, 2.05) is 0 Å². The summed E-state index contributed by atoms with van der Waals surface area (Å²) in [5, 5.41) is 0. The van der Waals surface area contributed by atoms with Crippen LogP contribution in [0, 0.1) is 6.92 Å². The van der Waals surface area contributed by atoms with Crippen molar-refractivity contribution in [2.75, 3.05) is 18.6 Å². The summed E-state index contributed by atoms with van der Waals surface area (Å²) >= 11 is 0. The van der Waals surface area contributed by atoms with E-state index in [0.29, 0.717) is 5.92 Å². The zero-order chi connectivity index (χ0) is 14.8. The molecule has 0 N–H and O–H groups in total. The number of hydrogen-bond donors (Lipinski definition) is 0. The van der Waals surface area contributed by atoms with E-state index in [9.17, 15) is 0 Å². The maximum absolute atomic E-state index is 5.88. The number of hydrogen-bond acceptors (Lipinski definition) is 2. The summed E-state index contributed by atoms with van der Waals surface area (Å²) in [6.07, 6.45) is 2.32. The van der Waals surface area contributed by atoms with Crippen LogP contribution in [0.25, 0.3) is 0 Å². The zero-order valence-corrected chi connectivity index (χ0v) is 13.1. The Morgan fingerprint density at radius 2 is 1.95 bits per heavy atom. The van der Waals surface area contributed by atoms with Crippen molar-refractivity contribution in [3.63, 3.8) is 0 Å². The van der Waals surface area contributed by atoms with Gasteiger partial charge >= 0.3 is 0 Å². The fourth-order valence-electron chi connectivity index (χ4n) is 3.07. The van der Waals surface area contributed by atoms with Gasteiger partial charge in [0.05, 0.1) is 6.61 Å². The van der Waals surface area contributed by atoms with Crippen LogP contribution in [0.15, 0.2) is 42.5 Å². The van der Waals surface area contributed by atoms with Crippen LogP contribution in [0.5, 0.6) is 5.75 Å². The normalized spacial score (nSPS) is 17.0. The molecular weight excluding hydrogens is 258 g/mol. The molecule has 2 nitrogen and oxygen atoms in total. The summed E-state index contributed by atoms with van der Waals surface area (Å²) in [6.45, 7) is 5.22. The maximum atomic E-state index is 5.88. The summed E-state index contributed by atoms with van der Waals surface area (Å²) in [5.41, 5.74) is 5.03. The fourth-order valence-corrected chi connectivity index (χ4v) is 3.07. The predicted octanol–water partition coefficient (Wildman–Crippen LogP) is 5.04. The Bertz CT molecular complexity index is 635. The lowest BCUT2D eigenvalue weighted by Crippen LogP contribution is -2.15. The molecule has 0 spiro atoms. The van der Waals surface area contributed by atoms with Gasteiger partial charge in [-0.3, -0.25) is 0 Å². The highest BCUT2D eigenvalue weighted by molar-refractivity contribution is 5.65. The van der Waals surface area contributed by atoms with E-state index in [0.717, 1.165) is 18.8 Å². The highest BCUT2D eigenvalue weighted by Crippen LogP contribution is 2.38. The van der Waals surface area contributed by atoms with Crippen molar-refractivity contribution in [1.82, 2.24) is 0 Å². The average molecular weight is 281 g/mol. The minimum Gasteiger partial charge on any atom is -0.493 e. The third-order valence-electron chi connectivity index (χ3n) is 4.43. The van der Waals surface area contributed by atoms with E-state index in [-0.39, 0.29) is 0 Å². The van der Waals surface area contributed by atoms with E-state index < -0.39 is 0 Å². The molecule has 0 saturated carbocycles. The number of anilines is 2. The molecule has 0 radical (unpaired) electrons. The summed E-state index contributed by atoms with van der Waals surface area (Å²) in [4.78, 5) is 2.21. The molecule has 1 aliphatic heterocycles. The lowest BCUT2D eigenvalue weighted by atomic mass is 9.91. The van der Waals surface area contributed by atoms with Gasteiger partial charge in [-0.25, -0.2) is 0 Å². The predicted molar refractivity (Wildman–Crippen MR) is 88.8 cm³/mol. The van der Waals surface area contributed by atoms with E-state index in [4.69, 9.17) is 4.74 Å². The van der Waals surface area contributed by atoms with E-state index in [1.165, 1.54) is 28.9 Å². The summed E-state index contributed by atoms with van der Waals surface area (Å²) in [7, 11) is 2.11. The standard InChI is InChI=1S/C19H23NO/c1-4-15-10-11-21-19-13-17(8-9-18(15)19)20(3)16-7-5-6-14(2)12-16/h5-9,12-13,15H,4,10-11H2,1-3H3/t15-/m1/s1. The average Bonchev–Trinajstić information content (AvgIpc) is 2.53. The molecule has 0 bridgehead atoms. The molecule has 0 saturated heterocycles. The van der Waals surface area contributed by atoms with Gasteiger partial charge in [0.2, 0.25) is 0 Å². The van der Waals surface area contributed by atoms with Crippen molar-refractivity contribution in [3.8, 4) is 5.75 Å². The maximum Gasteiger partial charge on any atom is 0.124 e. The van der Waals surface area contributed by atoms with Crippen molar-refractivity contribution in [2.45, 2.75) is 32.6 Å². The Hall–Kier alpha value is -1.96. The van der Waals surface area contributed by atoms with Crippen LogP contribution in [0.4, 0.5) is 11.4 Å². The van der Waals surface area contributed by atoms with Gasteiger partial charge in [0, 0.05) is 24.5 Å². The minimum absolute atomic E-state index is 0.645. The van der Waals surface area contributed by atoms with Crippen molar-refractivity contribution in [3.05, 3.63) is 53.6 Å². The molecule has 0 fully saturated rings. The Morgan fingerprint density at radius 1 is 1.14 bits per heavy atom. The van der Waals surface area contributed by atoms with Crippen molar-refractivity contribution >= 4 is 11.4 Å². The highest BCUT2D eigenvalue weighted by Gasteiger charge is 2.20. The van der Waals surface area contributed by atoms with Crippen molar-refractivity contribution in [2.24, 2.45) is 0 Å². The minimum atomic E-state index is 0.645. The first-order chi connectivity index (χ1) is 10.2. The SMILES string of the molecule is CC[C@@H]1CCOc2cc(N(C)c3cccc(C)c3)ccc21. The first-order valence-corrected chi connectivity index (χ1v) is 7.76. The first-order valence-electron chi connectivity index (χ1n) is 7.76. The topological polar surface area (TPSA) is 12.5 Å². The Kier molecular flexibility index (Phi) is 3.87. The van der Waals surface area contributed by atoms with Crippen LogP contribution in [-0.4, -0.2) is 13.7 Å². The lowest BCUT2D eigenvalue weighted by Gasteiger charge is -2.27. The van der Waals surface area contributed by atoms with Gasteiger partial charge in [-0.05, 0) is 55.0 Å². The quantitative estimate of drug-likeness (QED) is 0.781. The fraction of sp³-hybridized carbons (Fsp3) is 0.368. The molecule has 0 amide bonds. The molecular formula is C19H23NO. The molecule has 2 aromatic carbocycles. The van der Waals surface area contributed by atoms with Gasteiger partial charge < -0.3 is 9.64 Å². The smallest absolute Gasteiger partial charge is 0.124 e. The van der Waals surface area contributed by atoms with Crippen LogP contribution >= 0.6 is 0 Å². The first kappa shape index (κ1) is 14.0. The number of nitrogens with zero attached hydrogens (tertiary/aromatic N) is 1. The van der Waals surface area contributed by atoms with E-state index >= 15 is 0 Å². The van der Waals surface area contributed by atoms with Crippen molar-refractivity contribution < 1.29 is 4.74 Å². The zero-order valence-electron chi connectivity index (χ0n) is 13.1. The second-order valence-electron chi connectivity index (χ2n) is 5.86. The molecule has 3 rings (SSSR count). The van der Waals surface area contributed by atoms with Gasteiger partial charge in [-0.2, -0.15) is 0 Å². The lowest BCUT2D eigenvalue weighted by molar-refractivity contribution is 0.265. The van der Waals surface area contributed by atoms with Crippen LogP contribution in [0.2, 0.25) is 0 Å². The molecule has 0 unspecified atom stereocenters. The molecule has 110 valence electrons. The molecule has 2 heteroatoms. The number of benzene rings is 2. The number of fused-ring (bicyclic) bond motifs is 1. The van der Waals surface area contributed by atoms with Crippen LogP contribution in [0.3, 0.4) is 0 Å². The molecule has 21 heavy (non-hydrogen) atoms. The largest absolute Gasteiger partial charge is 0.493 e. The molecule has 1 aliphatic rings. The van der Waals surface area contributed by atoms with Crippen LogP contribution < -0.4 is 9.64 Å². The second kappa shape index (κ2) is 5.80. The third-order valence-corrected chi connectivity index (χ3v) is 4.43. The van der Waals surface area contributed by atoms with Crippen LogP contribution in [0.1, 0.15) is 36.8 Å². The van der Waals surface area contributed by atoms with Crippen molar-refractivity contribution in [1.29, 1.82) is 0 Å². The number of ether oxygens (including phenoxy) is 1. The monoisotopic (exact) mass is 281 g/mol. The highest BCUT2D eigenvalue weighted by atomic mass is 16.5. The van der Waals surface area contributed by atoms with Gasteiger partial charge in [0.1, 0.15) is 5.75 Å². The summed E-state index contributed by atoms with van der Waals surface area (Å²) < 4.78 is 5.88. The van der Waals surface area contributed by atoms with Gasteiger partial charge in [0.15, 0.2) is 0 Å². The molecule has 1 atom stereocenters. The van der Waals surface area contributed by atoms with Gasteiger partial charge in [0.25, 0.3) is 0 Å². The number of rotatable bonds is 3. The Labute approximate surface area is 127 Å². The number of aryl methyl sites for hydroxylation is 1. The Morgan fingerprint density at radius 3 is 2.71 bits per heavy atom. The molecule has 0 aromatic heterocycles.